The molecule has 0 bridgehead atoms. The molecule has 0 amide bonds. The van der Waals surface area contributed by atoms with E-state index in [9.17, 15) is 9.90 Å². The van der Waals surface area contributed by atoms with Crippen molar-refractivity contribution in [3.8, 4) is 0 Å². The van der Waals surface area contributed by atoms with Crippen LogP contribution in [0.1, 0.15) is 46.0 Å². The molecule has 0 aliphatic carbocycles. The minimum Gasteiger partial charge on any atom is -0.466 e. The molecule has 0 saturated carbocycles. The topological polar surface area (TPSA) is 66.8 Å². The van der Waals surface area contributed by atoms with E-state index in [1.807, 2.05) is 0 Å². The lowest BCUT2D eigenvalue weighted by Gasteiger charge is -2.19. The normalized spacial score (nSPS) is 14.7. The van der Waals surface area contributed by atoms with Crippen LogP contribution in [0.25, 0.3) is 0 Å². The van der Waals surface area contributed by atoms with Crippen LogP contribution in [0.4, 0.5) is 0 Å². The Morgan fingerprint density at radius 2 is 2.07 bits per heavy atom. The van der Waals surface area contributed by atoms with E-state index in [4.69, 9.17) is 9.84 Å². The second-order valence-electron chi connectivity index (χ2n) is 4.08. The molecule has 2 N–H and O–H groups in total. The fourth-order valence-corrected chi connectivity index (χ4v) is 1.06. The molecule has 0 heterocycles. The largest absolute Gasteiger partial charge is 0.466 e. The summed E-state index contributed by atoms with van der Waals surface area (Å²) in [6, 6.07) is 0. The van der Waals surface area contributed by atoms with E-state index in [1.54, 1.807) is 0 Å². The second kappa shape index (κ2) is 7.65. The molecule has 0 aliphatic heterocycles. The van der Waals surface area contributed by atoms with Crippen molar-refractivity contribution in [2.24, 2.45) is 0 Å². The molecule has 15 heavy (non-hydrogen) atoms. The van der Waals surface area contributed by atoms with Crippen molar-refractivity contribution in [3.63, 3.8) is 0 Å². The van der Waals surface area contributed by atoms with E-state index in [1.165, 1.54) is 6.92 Å². The second-order valence-corrected chi connectivity index (χ2v) is 4.08. The average molecular weight is 218 g/mol. The number of aliphatic hydroxyl groups excluding tert-OH is 1. The number of carbonyl (C=O) groups is 1. The third kappa shape index (κ3) is 8.39. The van der Waals surface area contributed by atoms with Crippen LogP contribution < -0.4 is 0 Å². The van der Waals surface area contributed by atoms with Crippen molar-refractivity contribution in [3.05, 3.63) is 0 Å². The summed E-state index contributed by atoms with van der Waals surface area (Å²) >= 11 is 0. The number of ether oxygens (including phenoxy) is 1. The highest BCUT2D eigenvalue weighted by atomic mass is 16.5. The minimum atomic E-state index is -1.15. The van der Waals surface area contributed by atoms with Crippen molar-refractivity contribution in [1.82, 2.24) is 0 Å². The third-order valence-corrected chi connectivity index (χ3v) is 2.23. The summed E-state index contributed by atoms with van der Waals surface area (Å²) in [6.45, 7) is 3.43. The van der Waals surface area contributed by atoms with Gasteiger partial charge in [-0.05, 0) is 13.3 Å². The summed E-state index contributed by atoms with van der Waals surface area (Å²) in [5.74, 6) is -0.225. The molecule has 4 heteroatoms. The number of hydrogen-bond acceptors (Lipinski definition) is 4. The highest BCUT2D eigenvalue weighted by molar-refractivity contribution is 5.69. The smallest absolute Gasteiger partial charge is 0.305 e. The molecule has 0 aromatic carbocycles. The first-order valence-electron chi connectivity index (χ1n) is 5.50. The predicted octanol–water partition coefficient (Wildman–Crippen LogP) is 1.24. The molecular formula is C11H22O4. The molecule has 90 valence electrons. The van der Waals surface area contributed by atoms with Crippen molar-refractivity contribution in [1.29, 1.82) is 0 Å². The van der Waals surface area contributed by atoms with Gasteiger partial charge in [0.15, 0.2) is 0 Å². The van der Waals surface area contributed by atoms with Crippen LogP contribution in [-0.2, 0) is 9.53 Å². The Morgan fingerprint density at radius 3 is 2.60 bits per heavy atom. The number of aliphatic hydroxyl groups is 2. The maximum Gasteiger partial charge on any atom is 0.305 e. The number of hydrogen-bond donors (Lipinski definition) is 2. The molecule has 0 saturated heterocycles. The average Bonchev–Trinajstić information content (AvgIpc) is 2.18. The number of unbranched alkanes of at least 4 members (excludes halogenated alkanes) is 2. The Bertz CT molecular complexity index is 177. The van der Waals surface area contributed by atoms with Crippen LogP contribution in [0.2, 0.25) is 0 Å². The maximum atomic E-state index is 11.1. The first kappa shape index (κ1) is 14.4. The van der Waals surface area contributed by atoms with Gasteiger partial charge in [0, 0.05) is 12.8 Å². The predicted molar refractivity (Wildman–Crippen MR) is 57.4 cm³/mol. The van der Waals surface area contributed by atoms with Crippen LogP contribution in [0.3, 0.4) is 0 Å². The van der Waals surface area contributed by atoms with E-state index in [0.29, 0.717) is 6.42 Å². The maximum absolute atomic E-state index is 11.1. The zero-order chi connectivity index (χ0) is 11.7. The van der Waals surface area contributed by atoms with Gasteiger partial charge in [-0.15, -0.1) is 0 Å². The van der Waals surface area contributed by atoms with E-state index in [-0.39, 0.29) is 25.6 Å². The van der Waals surface area contributed by atoms with Gasteiger partial charge in [0.25, 0.3) is 0 Å². The molecule has 0 spiro atoms. The zero-order valence-electron chi connectivity index (χ0n) is 9.66. The highest BCUT2D eigenvalue weighted by Crippen LogP contribution is 2.08. The van der Waals surface area contributed by atoms with Gasteiger partial charge in [0.1, 0.15) is 0 Å². The first-order valence-corrected chi connectivity index (χ1v) is 5.50. The number of esters is 1. The van der Waals surface area contributed by atoms with Crippen LogP contribution in [0.15, 0.2) is 0 Å². The van der Waals surface area contributed by atoms with Gasteiger partial charge >= 0.3 is 5.97 Å². The third-order valence-electron chi connectivity index (χ3n) is 2.23. The van der Waals surface area contributed by atoms with Crippen LogP contribution in [0, 0.1) is 0 Å². The van der Waals surface area contributed by atoms with Crippen LogP contribution in [0.5, 0.6) is 0 Å². The summed E-state index contributed by atoms with van der Waals surface area (Å²) in [4.78, 5) is 11.1. The Labute approximate surface area is 91.3 Å². The Balaban J connectivity index is 3.46. The van der Waals surface area contributed by atoms with Gasteiger partial charge in [-0.1, -0.05) is 19.8 Å². The van der Waals surface area contributed by atoms with Crippen molar-refractivity contribution in [2.75, 3.05) is 13.2 Å². The van der Waals surface area contributed by atoms with Gasteiger partial charge < -0.3 is 14.9 Å². The van der Waals surface area contributed by atoms with Gasteiger partial charge in [-0.25, -0.2) is 0 Å². The fraction of sp³-hybridized carbons (Fsp3) is 0.909. The van der Waals surface area contributed by atoms with E-state index in [0.717, 1.165) is 19.3 Å². The summed E-state index contributed by atoms with van der Waals surface area (Å²) in [5.41, 5.74) is -1.15. The summed E-state index contributed by atoms with van der Waals surface area (Å²) in [6.07, 6.45) is 3.67. The summed E-state index contributed by atoms with van der Waals surface area (Å²) in [7, 11) is 0. The van der Waals surface area contributed by atoms with E-state index in [2.05, 4.69) is 6.92 Å². The Morgan fingerprint density at radius 1 is 1.40 bits per heavy atom. The van der Waals surface area contributed by atoms with Gasteiger partial charge in [-0.2, -0.15) is 0 Å². The SMILES string of the molecule is CCCCCC(=O)OCCC(C)(O)CO. The molecule has 4 nitrogen and oxygen atoms in total. The fourth-order valence-electron chi connectivity index (χ4n) is 1.06. The monoisotopic (exact) mass is 218 g/mol. The molecule has 0 aliphatic rings. The minimum absolute atomic E-state index is 0.165. The van der Waals surface area contributed by atoms with Crippen molar-refractivity contribution >= 4 is 5.97 Å². The number of rotatable bonds is 8. The lowest BCUT2D eigenvalue weighted by molar-refractivity contribution is -0.145. The summed E-state index contributed by atoms with van der Waals surface area (Å²) in [5, 5.41) is 18.2. The zero-order valence-corrected chi connectivity index (χ0v) is 9.66. The Hall–Kier alpha value is -0.610. The Kier molecular flexibility index (Phi) is 7.34. The van der Waals surface area contributed by atoms with Crippen LogP contribution >= 0.6 is 0 Å². The van der Waals surface area contributed by atoms with Gasteiger partial charge in [-0.3, -0.25) is 4.79 Å². The molecule has 0 rings (SSSR count). The molecule has 1 atom stereocenters. The van der Waals surface area contributed by atoms with Crippen LogP contribution in [-0.4, -0.2) is 35.0 Å². The summed E-state index contributed by atoms with van der Waals surface area (Å²) < 4.78 is 4.92. The molecule has 0 fully saturated rings. The van der Waals surface area contributed by atoms with E-state index >= 15 is 0 Å². The van der Waals surface area contributed by atoms with Gasteiger partial charge in [0.05, 0.1) is 18.8 Å². The van der Waals surface area contributed by atoms with Crippen molar-refractivity contribution < 1.29 is 19.7 Å². The van der Waals surface area contributed by atoms with E-state index < -0.39 is 5.60 Å². The molecule has 1 unspecified atom stereocenters. The van der Waals surface area contributed by atoms with Crippen molar-refractivity contribution in [2.45, 2.75) is 51.6 Å². The molecular weight excluding hydrogens is 196 g/mol. The number of carbonyl (C=O) groups excluding carboxylic acids is 1. The molecule has 0 radical (unpaired) electrons. The lowest BCUT2D eigenvalue weighted by Crippen LogP contribution is -2.30. The van der Waals surface area contributed by atoms with Gasteiger partial charge in [0.2, 0.25) is 0 Å². The quantitative estimate of drug-likeness (QED) is 0.475. The molecule has 0 aromatic heterocycles. The molecule has 0 aromatic rings. The standard InChI is InChI=1S/C11H22O4/c1-3-4-5-6-10(13)15-8-7-11(2,14)9-12/h12,14H,3-9H2,1-2H3. The lowest BCUT2D eigenvalue weighted by atomic mass is 10.1. The first-order chi connectivity index (χ1) is 7.02. The highest BCUT2D eigenvalue weighted by Gasteiger charge is 2.19.